The molecule has 0 unspecified atom stereocenters. The van der Waals surface area contributed by atoms with E-state index in [9.17, 15) is 22.4 Å². The molecule has 3 N–H and O–H groups in total. The molecule has 2 aliphatic rings. The van der Waals surface area contributed by atoms with Crippen LogP contribution in [0.25, 0.3) is 0 Å². The van der Waals surface area contributed by atoms with Crippen LogP contribution in [0.3, 0.4) is 0 Å². The van der Waals surface area contributed by atoms with Crippen LogP contribution >= 0.6 is 0 Å². The number of hydrogen-bond acceptors (Lipinski definition) is 5. The van der Waals surface area contributed by atoms with Crippen molar-refractivity contribution >= 4 is 33.2 Å². The van der Waals surface area contributed by atoms with Gasteiger partial charge in [0.2, 0.25) is 5.91 Å². The Morgan fingerprint density at radius 1 is 1.00 bits per heavy atom. The second kappa shape index (κ2) is 10.7. The number of nitrogens with zero attached hydrogens (tertiary/aromatic N) is 1. The molecule has 0 aromatic heterocycles. The lowest BCUT2D eigenvalue weighted by Crippen LogP contribution is -2.44. The van der Waals surface area contributed by atoms with Gasteiger partial charge < -0.3 is 15.5 Å². The minimum atomic E-state index is -3.93. The summed E-state index contributed by atoms with van der Waals surface area (Å²) in [4.78, 5) is 27.6. The second-order valence-corrected chi connectivity index (χ2v) is 11.9. The number of halogens is 1. The van der Waals surface area contributed by atoms with Crippen LogP contribution in [-0.2, 0) is 21.4 Å². The van der Waals surface area contributed by atoms with Crippen molar-refractivity contribution in [2.45, 2.75) is 37.6 Å². The number of carbonyl (C=O) groups is 2. The fourth-order valence-corrected chi connectivity index (χ4v) is 6.28. The Balaban J connectivity index is 1.40. The molecule has 204 valence electrons. The van der Waals surface area contributed by atoms with Crippen molar-refractivity contribution in [1.29, 1.82) is 0 Å². The monoisotopic (exact) mass is 550 g/mol. The predicted molar refractivity (Wildman–Crippen MR) is 148 cm³/mol. The Morgan fingerprint density at radius 3 is 2.33 bits per heavy atom. The molecule has 39 heavy (non-hydrogen) atoms. The summed E-state index contributed by atoms with van der Waals surface area (Å²) in [5.41, 5.74) is 2.53. The van der Waals surface area contributed by atoms with Crippen LogP contribution in [-0.4, -0.2) is 39.9 Å². The molecule has 2 fully saturated rings. The first-order valence-corrected chi connectivity index (χ1v) is 14.4. The van der Waals surface area contributed by atoms with E-state index >= 15 is 0 Å². The number of nitrogens with one attached hydrogen (secondary N) is 3. The van der Waals surface area contributed by atoms with E-state index in [4.69, 9.17) is 0 Å². The van der Waals surface area contributed by atoms with Gasteiger partial charge in [-0.3, -0.25) is 14.3 Å². The van der Waals surface area contributed by atoms with E-state index in [0.29, 0.717) is 38.2 Å². The smallest absolute Gasteiger partial charge is 0.261 e. The summed E-state index contributed by atoms with van der Waals surface area (Å²) in [6.45, 7) is 3.93. The van der Waals surface area contributed by atoms with Gasteiger partial charge in [-0.15, -0.1) is 0 Å². The topological polar surface area (TPSA) is 108 Å². The normalized spacial score (nSPS) is 16.7. The van der Waals surface area contributed by atoms with Crippen molar-refractivity contribution < 1.29 is 22.4 Å². The summed E-state index contributed by atoms with van der Waals surface area (Å²) >= 11 is 0. The lowest BCUT2D eigenvalue weighted by molar-refractivity contribution is -0.128. The van der Waals surface area contributed by atoms with Crippen molar-refractivity contribution in [3.63, 3.8) is 0 Å². The molecule has 0 radical (unpaired) electrons. The minimum absolute atomic E-state index is 0.0932. The maximum Gasteiger partial charge on any atom is 0.261 e. The van der Waals surface area contributed by atoms with E-state index in [1.54, 1.807) is 48.5 Å². The van der Waals surface area contributed by atoms with Crippen molar-refractivity contribution in [2.24, 2.45) is 5.41 Å². The quantitative estimate of drug-likeness (QED) is 0.413. The predicted octanol–water partition coefficient (Wildman–Crippen LogP) is 3.97. The molecule has 2 amide bonds. The average Bonchev–Trinajstić information content (AvgIpc) is 3.27. The Bertz CT molecular complexity index is 1480. The highest BCUT2D eigenvalue weighted by atomic mass is 32.2. The Hall–Kier alpha value is -3.92. The molecule has 3 aromatic rings. The summed E-state index contributed by atoms with van der Waals surface area (Å²) in [5, 5.41) is 5.74. The molecule has 8 nitrogen and oxygen atoms in total. The lowest BCUT2D eigenvalue weighted by Gasteiger charge is -2.39. The lowest BCUT2D eigenvalue weighted by atomic mass is 9.77. The highest BCUT2D eigenvalue weighted by molar-refractivity contribution is 7.92. The third-order valence-corrected chi connectivity index (χ3v) is 9.01. The fourth-order valence-electron chi connectivity index (χ4n) is 5.21. The zero-order valence-electron chi connectivity index (χ0n) is 21.7. The van der Waals surface area contributed by atoms with E-state index in [-0.39, 0.29) is 45.7 Å². The molecule has 2 aliphatic heterocycles. The Morgan fingerprint density at radius 2 is 1.69 bits per heavy atom. The van der Waals surface area contributed by atoms with Crippen molar-refractivity contribution in [1.82, 2.24) is 10.6 Å². The summed E-state index contributed by atoms with van der Waals surface area (Å²) in [6.07, 6.45) is 2.14. The second-order valence-electron chi connectivity index (χ2n) is 10.2. The summed E-state index contributed by atoms with van der Waals surface area (Å²) < 4.78 is 42.5. The molecule has 1 spiro atoms. The van der Waals surface area contributed by atoms with Gasteiger partial charge in [0.1, 0.15) is 5.82 Å². The highest BCUT2D eigenvalue weighted by Gasteiger charge is 2.44. The van der Waals surface area contributed by atoms with E-state index in [2.05, 4.69) is 20.3 Å². The fraction of sp³-hybridized carbons (Fsp3) is 0.310. The molecule has 3 aromatic carbocycles. The Kier molecular flexibility index (Phi) is 7.31. The number of rotatable bonds is 7. The van der Waals surface area contributed by atoms with Gasteiger partial charge in [-0.05, 0) is 74.2 Å². The van der Waals surface area contributed by atoms with Crippen molar-refractivity contribution in [3.05, 3.63) is 89.2 Å². The van der Waals surface area contributed by atoms with Gasteiger partial charge in [0.05, 0.1) is 21.7 Å². The number of carbonyl (C=O) groups excluding carboxylic acids is 2. The highest BCUT2D eigenvalue weighted by Crippen LogP contribution is 2.41. The molecule has 2 saturated heterocycles. The van der Waals surface area contributed by atoms with Crippen LogP contribution < -0.4 is 20.3 Å². The average molecular weight is 551 g/mol. The van der Waals surface area contributed by atoms with Gasteiger partial charge in [-0.25, -0.2) is 12.8 Å². The van der Waals surface area contributed by atoms with Crippen LogP contribution in [0, 0.1) is 18.2 Å². The summed E-state index contributed by atoms with van der Waals surface area (Å²) in [6, 6.07) is 17.3. The van der Waals surface area contributed by atoms with Gasteiger partial charge in [0, 0.05) is 31.7 Å². The van der Waals surface area contributed by atoms with E-state index in [1.807, 2.05) is 6.92 Å². The van der Waals surface area contributed by atoms with Gasteiger partial charge in [-0.1, -0.05) is 29.8 Å². The molecule has 0 bridgehead atoms. The first-order valence-electron chi connectivity index (χ1n) is 12.9. The first-order chi connectivity index (χ1) is 18.6. The van der Waals surface area contributed by atoms with E-state index < -0.39 is 10.0 Å². The number of amides is 2. The number of sulfonamides is 1. The molecule has 2 heterocycles. The maximum absolute atomic E-state index is 13.3. The van der Waals surface area contributed by atoms with Gasteiger partial charge >= 0.3 is 0 Å². The standard InChI is InChI=1S/C29H31FN4O4S/c1-20-2-9-24(10-3-20)39(37,38)33-25-18-22(27(35)32-19-21-4-7-23(30)8-5-21)6-11-26(25)34-16-13-29(14-17-34)12-15-31-28(29)36/h2-11,18,33H,12-17,19H2,1H3,(H,31,36)(H,32,35). The third-order valence-electron chi connectivity index (χ3n) is 7.63. The summed E-state index contributed by atoms with van der Waals surface area (Å²) in [7, 11) is -3.93. The zero-order chi connectivity index (χ0) is 27.6. The Labute approximate surface area is 227 Å². The summed E-state index contributed by atoms with van der Waals surface area (Å²) in [5.74, 6) is -0.652. The number of hydrogen-bond donors (Lipinski definition) is 3. The molecule has 10 heteroatoms. The van der Waals surface area contributed by atoms with Crippen LogP contribution in [0.1, 0.15) is 40.7 Å². The van der Waals surface area contributed by atoms with Crippen LogP contribution in [0.5, 0.6) is 0 Å². The molecule has 0 saturated carbocycles. The minimum Gasteiger partial charge on any atom is -0.370 e. The van der Waals surface area contributed by atoms with E-state index in [0.717, 1.165) is 17.5 Å². The molecule has 0 atom stereocenters. The van der Waals surface area contributed by atoms with Gasteiger partial charge in [-0.2, -0.15) is 0 Å². The first kappa shape index (κ1) is 26.7. The SMILES string of the molecule is Cc1ccc(S(=O)(=O)Nc2cc(C(=O)NCc3ccc(F)cc3)ccc2N2CCC3(CCNC3=O)CC2)cc1. The van der Waals surface area contributed by atoms with Gasteiger partial charge in [0.25, 0.3) is 15.9 Å². The molecule has 5 rings (SSSR count). The number of benzene rings is 3. The molecule has 0 aliphatic carbocycles. The molecular formula is C29H31FN4O4S. The molecular weight excluding hydrogens is 519 g/mol. The van der Waals surface area contributed by atoms with Crippen molar-refractivity contribution in [3.8, 4) is 0 Å². The van der Waals surface area contributed by atoms with Crippen LogP contribution in [0.15, 0.2) is 71.6 Å². The van der Waals surface area contributed by atoms with E-state index in [1.165, 1.54) is 18.2 Å². The maximum atomic E-state index is 13.3. The zero-order valence-corrected chi connectivity index (χ0v) is 22.5. The van der Waals surface area contributed by atoms with Crippen molar-refractivity contribution in [2.75, 3.05) is 29.3 Å². The van der Waals surface area contributed by atoms with Crippen LogP contribution in [0.2, 0.25) is 0 Å². The van der Waals surface area contributed by atoms with Gasteiger partial charge in [0.15, 0.2) is 0 Å². The third kappa shape index (κ3) is 5.75. The number of piperidine rings is 1. The number of anilines is 2. The largest absolute Gasteiger partial charge is 0.370 e. The number of aryl methyl sites for hydroxylation is 1. The van der Waals surface area contributed by atoms with Crippen LogP contribution in [0.4, 0.5) is 15.8 Å².